The molecule has 16 heavy (non-hydrogen) atoms. The SMILES string of the molecule is CN(C)c1nc([N+](=O)[O-])c([N+](=O)[O-])c(=O)[nH]1. The number of aromatic amines is 1. The summed E-state index contributed by atoms with van der Waals surface area (Å²) in [4.78, 5) is 36.8. The Morgan fingerprint density at radius 1 is 1.25 bits per heavy atom. The van der Waals surface area contributed by atoms with E-state index >= 15 is 0 Å². The molecular weight excluding hydrogens is 222 g/mol. The Hall–Kier alpha value is -2.52. The third-order valence-electron chi connectivity index (χ3n) is 1.64. The lowest BCUT2D eigenvalue weighted by atomic mass is 10.5. The zero-order valence-corrected chi connectivity index (χ0v) is 8.33. The summed E-state index contributed by atoms with van der Waals surface area (Å²) in [5, 5.41) is 21.0. The van der Waals surface area contributed by atoms with Gasteiger partial charge in [0.15, 0.2) is 0 Å². The average molecular weight is 229 g/mol. The molecule has 0 aliphatic rings. The van der Waals surface area contributed by atoms with Gasteiger partial charge in [-0.3, -0.25) is 19.9 Å². The maximum Gasteiger partial charge on any atom is 0.452 e. The van der Waals surface area contributed by atoms with E-state index in [2.05, 4.69) is 9.97 Å². The fourth-order valence-corrected chi connectivity index (χ4v) is 0.947. The molecule has 0 aliphatic heterocycles. The third kappa shape index (κ3) is 1.94. The van der Waals surface area contributed by atoms with E-state index < -0.39 is 26.9 Å². The highest BCUT2D eigenvalue weighted by Gasteiger charge is 2.32. The fourth-order valence-electron chi connectivity index (χ4n) is 0.947. The van der Waals surface area contributed by atoms with Crippen LogP contribution in [0, 0.1) is 20.2 Å². The van der Waals surface area contributed by atoms with Crippen LogP contribution in [0.25, 0.3) is 0 Å². The van der Waals surface area contributed by atoms with Crippen molar-refractivity contribution in [3.05, 3.63) is 30.6 Å². The first-order valence-electron chi connectivity index (χ1n) is 3.95. The molecule has 0 radical (unpaired) electrons. The number of anilines is 1. The molecule has 1 N–H and O–H groups in total. The standard InChI is InChI=1S/C6H7N5O5/c1-9(2)6-7-4(11(15)16)3(10(13)14)5(12)8-6/h1-2H3,(H,7,8,12). The van der Waals surface area contributed by atoms with Gasteiger partial charge in [-0.1, -0.05) is 0 Å². The van der Waals surface area contributed by atoms with Crippen molar-refractivity contribution in [2.75, 3.05) is 19.0 Å². The summed E-state index contributed by atoms with van der Waals surface area (Å²) in [6.45, 7) is 0. The summed E-state index contributed by atoms with van der Waals surface area (Å²) in [6, 6.07) is 0. The Bertz CT molecular complexity index is 507. The smallest absolute Gasteiger partial charge is 0.358 e. The highest BCUT2D eigenvalue weighted by atomic mass is 16.6. The van der Waals surface area contributed by atoms with Gasteiger partial charge in [0.2, 0.25) is 0 Å². The summed E-state index contributed by atoms with van der Waals surface area (Å²) in [7, 11) is 2.96. The second kappa shape index (κ2) is 3.92. The molecule has 0 atom stereocenters. The minimum atomic E-state index is -1.17. The van der Waals surface area contributed by atoms with Crippen molar-refractivity contribution in [2.45, 2.75) is 0 Å². The molecule has 0 fully saturated rings. The largest absolute Gasteiger partial charge is 0.452 e. The predicted octanol–water partition coefficient (Wildman–Crippen LogP) is -0.348. The van der Waals surface area contributed by atoms with Crippen molar-refractivity contribution in [1.82, 2.24) is 9.97 Å². The van der Waals surface area contributed by atoms with Gasteiger partial charge in [0.05, 0.1) is 4.92 Å². The van der Waals surface area contributed by atoms with E-state index in [0.29, 0.717) is 0 Å². The summed E-state index contributed by atoms with van der Waals surface area (Å²) in [5.74, 6) is -1.19. The second-order valence-electron chi connectivity index (χ2n) is 2.97. The average Bonchev–Trinajstić information content (AvgIpc) is 2.15. The monoisotopic (exact) mass is 229 g/mol. The lowest BCUT2D eigenvalue weighted by Gasteiger charge is -2.05. The first-order valence-corrected chi connectivity index (χ1v) is 3.95. The number of aromatic nitrogens is 2. The van der Waals surface area contributed by atoms with Crippen LogP contribution in [0.5, 0.6) is 0 Å². The Morgan fingerprint density at radius 3 is 2.19 bits per heavy atom. The van der Waals surface area contributed by atoms with Gasteiger partial charge < -0.3 is 15.0 Å². The molecule has 0 aromatic carbocycles. The minimum Gasteiger partial charge on any atom is -0.358 e. The molecular formula is C6H7N5O5. The number of nitrogens with one attached hydrogen (secondary N) is 1. The van der Waals surface area contributed by atoms with Crippen LogP contribution in [0.1, 0.15) is 0 Å². The Balaban J connectivity index is 3.59. The molecule has 0 aliphatic carbocycles. The van der Waals surface area contributed by atoms with Crippen LogP contribution in [0.15, 0.2) is 4.79 Å². The highest BCUT2D eigenvalue weighted by Crippen LogP contribution is 2.20. The van der Waals surface area contributed by atoms with E-state index in [-0.39, 0.29) is 5.95 Å². The molecule has 86 valence electrons. The first-order chi connectivity index (χ1) is 7.34. The zero-order valence-electron chi connectivity index (χ0n) is 8.33. The van der Waals surface area contributed by atoms with Gasteiger partial charge in [-0.25, -0.2) is 0 Å². The van der Waals surface area contributed by atoms with Crippen LogP contribution in [-0.2, 0) is 0 Å². The Morgan fingerprint density at radius 2 is 1.81 bits per heavy atom. The number of H-pyrrole nitrogens is 1. The zero-order chi connectivity index (χ0) is 12.5. The predicted molar refractivity (Wildman–Crippen MR) is 52.5 cm³/mol. The van der Waals surface area contributed by atoms with Gasteiger partial charge in [-0.2, -0.15) is 0 Å². The van der Waals surface area contributed by atoms with Crippen molar-refractivity contribution in [2.24, 2.45) is 0 Å². The Labute approximate surface area is 87.8 Å². The van der Waals surface area contributed by atoms with Crippen molar-refractivity contribution >= 4 is 17.5 Å². The number of rotatable bonds is 3. The fraction of sp³-hybridized carbons (Fsp3) is 0.333. The third-order valence-corrected chi connectivity index (χ3v) is 1.64. The van der Waals surface area contributed by atoms with Crippen molar-refractivity contribution in [3.8, 4) is 0 Å². The maximum absolute atomic E-state index is 11.2. The van der Waals surface area contributed by atoms with E-state index in [0.717, 1.165) is 0 Å². The summed E-state index contributed by atoms with van der Waals surface area (Å²) >= 11 is 0. The molecule has 0 bridgehead atoms. The van der Waals surface area contributed by atoms with Crippen molar-refractivity contribution < 1.29 is 9.85 Å². The van der Waals surface area contributed by atoms with Gasteiger partial charge in [0.1, 0.15) is 0 Å². The second-order valence-corrected chi connectivity index (χ2v) is 2.97. The normalized spacial score (nSPS) is 9.88. The van der Waals surface area contributed by atoms with Crippen LogP contribution >= 0.6 is 0 Å². The lowest BCUT2D eigenvalue weighted by molar-refractivity contribution is -0.426. The molecule has 0 amide bonds. The molecule has 10 heteroatoms. The van der Waals surface area contributed by atoms with E-state index in [4.69, 9.17) is 0 Å². The van der Waals surface area contributed by atoms with Crippen LogP contribution in [0.2, 0.25) is 0 Å². The topological polar surface area (TPSA) is 135 Å². The molecule has 0 unspecified atom stereocenters. The molecule has 0 saturated carbocycles. The van der Waals surface area contributed by atoms with E-state index in [1.54, 1.807) is 0 Å². The molecule has 1 heterocycles. The molecule has 1 aromatic rings. The summed E-state index contributed by atoms with van der Waals surface area (Å²) in [6.07, 6.45) is 0. The number of hydrogen-bond donors (Lipinski definition) is 1. The molecule has 1 rings (SSSR count). The number of nitro groups is 2. The molecule has 0 saturated heterocycles. The van der Waals surface area contributed by atoms with Crippen LogP contribution < -0.4 is 10.5 Å². The van der Waals surface area contributed by atoms with E-state index in [9.17, 15) is 25.0 Å². The Kier molecular flexibility index (Phi) is 2.83. The van der Waals surface area contributed by atoms with Crippen LogP contribution in [0.4, 0.5) is 17.5 Å². The lowest BCUT2D eigenvalue weighted by Crippen LogP contribution is -2.22. The number of hydrogen-bond acceptors (Lipinski definition) is 7. The molecule has 0 spiro atoms. The van der Waals surface area contributed by atoms with Gasteiger partial charge in [0, 0.05) is 19.1 Å². The minimum absolute atomic E-state index is 0.123. The van der Waals surface area contributed by atoms with Crippen LogP contribution in [0.3, 0.4) is 0 Å². The summed E-state index contributed by atoms with van der Waals surface area (Å²) in [5.41, 5.74) is -2.33. The van der Waals surface area contributed by atoms with Gasteiger partial charge in [0.25, 0.3) is 0 Å². The quantitative estimate of drug-likeness (QED) is 0.552. The van der Waals surface area contributed by atoms with E-state index in [1.165, 1.54) is 19.0 Å². The van der Waals surface area contributed by atoms with Crippen LogP contribution in [-0.4, -0.2) is 33.9 Å². The molecule has 1 aromatic heterocycles. The number of nitrogens with zero attached hydrogens (tertiary/aromatic N) is 4. The van der Waals surface area contributed by atoms with Crippen molar-refractivity contribution in [3.63, 3.8) is 0 Å². The van der Waals surface area contributed by atoms with Gasteiger partial charge >= 0.3 is 23.0 Å². The maximum atomic E-state index is 11.2. The van der Waals surface area contributed by atoms with Gasteiger partial charge in [-0.05, 0) is 4.92 Å². The highest BCUT2D eigenvalue weighted by molar-refractivity contribution is 5.48. The summed E-state index contributed by atoms with van der Waals surface area (Å²) < 4.78 is 0. The molecule has 10 nitrogen and oxygen atoms in total. The van der Waals surface area contributed by atoms with E-state index in [1.807, 2.05) is 0 Å². The van der Waals surface area contributed by atoms with Gasteiger partial charge in [-0.15, -0.1) is 0 Å². The van der Waals surface area contributed by atoms with Crippen molar-refractivity contribution in [1.29, 1.82) is 0 Å². The first kappa shape index (κ1) is 11.6.